The summed E-state index contributed by atoms with van der Waals surface area (Å²) in [6.45, 7) is 11.0. The molecule has 3 heteroatoms. The fourth-order valence-electron chi connectivity index (χ4n) is 2.26. The maximum Gasteiger partial charge on any atom is 0.165 e. The Kier molecular flexibility index (Phi) is 3.98. The van der Waals surface area contributed by atoms with E-state index < -0.39 is 0 Å². The average molecular weight is 276 g/mol. The maximum absolute atomic E-state index is 6.02. The van der Waals surface area contributed by atoms with E-state index in [0.717, 1.165) is 28.4 Å². The summed E-state index contributed by atoms with van der Waals surface area (Å²) in [5.74, 6) is 2.86. The van der Waals surface area contributed by atoms with Crippen molar-refractivity contribution in [1.82, 2.24) is 0 Å². The molecule has 1 aromatic rings. The largest absolute Gasteiger partial charge is 0.493 e. The maximum atomic E-state index is 6.02. The second-order valence-electron chi connectivity index (χ2n) is 6.19. The molecular formula is C17H24O3. The zero-order chi connectivity index (χ0) is 14.9. The smallest absolute Gasteiger partial charge is 0.165 e. The zero-order valence-electron chi connectivity index (χ0n) is 13.2. The van der Waals surface area contributed by atoms with E-state index in [9.17, 15) is 0 Å². The molecule has 0 atom stereocenters. The van der Waals surface area contributed by atoms with Crippen LogP contribution >= 0.6 is 0 Å². The summed E-state index contributed by atoms with van der Waals surface area (Å²) >= 11 is 0. The van der Waals surface area contributed by atoms with Crippen LogP contribution in [0.15, 0.2) is 12.1 Å². The van der Waals surface area contributed by atoms with Crippen LogP contribution in [-0.2, 0) is 0 Å². The Bertz CT molecular complexity index is 528. The van der Waals surface area contributed by atoms with Crippen molar-refractivity contribution in [1.29, 1.82) is 0 Å². The number of rotatable bonds is 4. The predicted octanol–water partition coefficient (Wildman–Crippen LogP) is 4.22. The first-order chi connectivity index (χ1) is 9.34. The minimum Gasteiger partial charge on any atom is -0.493 e. The van der Waals surface area contributed by atoms with Crippen molar-refractivity contribution in [3.05, 3.63) is 23.3 Å². The van der Waals surface area contributed by atoms with Gasteiger partial charge < -0.3 is 14.2 Å². The summed E-state index contributed by atoms with van der Waals surface area (Å²) in [5, 5.41) is 0. The van der Waals surface area contributed by atoms with Gasteiger partial charge in [-0.3, -0.25) is 0 Å². The van der Waals surface area contributed by atoms with Crippen LogP contribution in [0.2, 0.25) is 0 Å². The second-order valence-corrected chi connectivity index (χ2v) is 6.19. The van der Waals surface area contributed by atoms with Crippen LogP contribution in [0.4, 0.5) is 0 Å². The molecule has 3 nitrogen and oxygen atoms in total. The van der Waals surface area contributed by atoms with E-state index in [1.165, 1.54) is 0 Å². The highest BCUT2D eigenvalue weighted by Crippen LogP contribution is 2.43. The molecule has 0 saturated heterocycles. The van der Waals surface area contributed by atoms with Gasteiger partial charge in [0.05, 0.1) is 13.7 Å². The highest BCUT2D eigenvalue weighted by Gasteiger charge is 2.26. The van der Waals surface area contributed by atoms with E-state index in [1.807, 2.05) is 26.8 Å². The van der Waals surface area contributed by atoms with Gasteiger partial charge in [-0.2, -0.15) is 0 Å². The molecule has 0 bridgehead atoms. The van der Waals surface area contributed by atoms with Crippen LogP contribution in [0.5, 0.6) is 17.2 Å². The lowest BCUT2D eigenvalue weighted by Gasteiger charge is -2.29. The highest BCUT2D eigenvalue weighted by atomic mass is 16.5. The lowest BCUT2D eigenvalue weighted by molar-refractivity contribution is 0.157. The molecule has 1 heterocycles. The van der Waals surface area contributed by atoms with Crippen LogP contribution in [0.1, 0.15) is 38.8 Å². The van der Waals surface area contributed by atoms with Gasteiger partial charge >= 0.3 is 0 Å². The van der Waals surface area contributed by atoms with Gasteiger partial charge in [-0.05, 0) is 32.8 Å². The fraction of sp³-hybridized carbons (Fsp3) is 0.529. The lowest BCUT2D eigenvalue weighted by atomic mass is 9.98. The molecule has 0 N–H and O–H groups in total. The molecule has 2 rings (SSSR count). The minimum atomic E-state index is -0.288. The molecule has 0 aliphatic carbocycles. The summed E-state index contributed by atoms with van der Waals surface area (Å²) < 4.78 is 17.4. The van der Waals surface area contributed by atoms with Gasteiger partial charge in [-0.15, -0.1) is 0 Å². The number of hydrogen-bond acceptors (Lipinski definition) is 3. The second kappa shape index (κ2) is 5.39. The molecule has 0 spiro atoms. The first-order valence-electron chi connectivity index (χ1n) is 7.06. The van der Waals surface area contributed by atoms with E-state index >= 15 is 0 Å². The van der Waals surface area contributed by atoms with Gasteiger partial charge in [-0.1, -0.05) is 19.9 Å². The molecule has 0 saturated carbocycles. The SMILES string of the molecule is COc1c(OCC(C)C)cc2c(c1C)C=CC(C)(C)O2. The van der Waals surface area contributed by atoms with Crippen molar-refractivity contribution in [2.45, 2.75) is 40.2 Å². The number of methoxy groups -OCH3 is 1. The van der Waals surface area contributed by atoms with Gasteiger partial charge in [0, 0.05) is 17.2 Å². The minimum absolute atomic E-state index is 0.288. The van der Waals surface area contributed by atoms with Crippen molar-refractivity contribution in [2.24, 2.45) is 5.92 Å². The molecule has 1 aliphatic heterocycles. The first-order valence-corrected chi connectivity index (χ1v) is 7.06. The molecule has 0 fully saturated rings. The predicted molar refractivity (Wildman–Crippen MR) is 81.8 cm³/mol. The van der Waals surface area contributed by atoms with E-state index in [1.54, 1.807) is 7.11 Å². The van der Waals surface area contributed by atoms with E-state index in [4.69, 9.17) is 14.2 Å². The van der Waals surface area contributed by atoms with Gasteiger partial charge in [0.2, 0.25) is 0 Å². The Morgan fingerprint density at radius 3 is 2.60 bits per heavy atom. The third-order valence-corrected chi connectivity index (χ3v) is 3.30. The van der Waals surface area contributed by atoms with Crippen molar-refractivity contribution in [3.63, 3.8) is 0 Å². The molecule has 0 amide bonds. The van der Waals surface area contributed by atoms with Crippen molar-refractivity contribution in [3.8, 4) is 17.2 Å². The molecule has 1 aromatic carbocycles. The van der Waals surface area contributed by atoms with Crippen LogP contribution in [-0.4, -0.2) is 19.3 Å². The lowest BCUT2D eigenvalue weighted by Crippen LogP contribution is -2.27. The molecule has 0 radical (unpaired) electrons. The Labute approximate surface area is 121 Å². The summed E-state index contributed by atoms with van der Waals surface area (Å²) in [6, 6.07) is 1.94. The number of benzene rings is 1. The molecule has 0 unspecified atom stereocenters. The van der Waals surface area contributed by atoms with E-state index in [0.29, 0.717) is 12.5 Å². The van der Waals surface area contributed by atoms with Crippen LogP contribution in [0, 0.1) is 12.8 Å². The summed E-state index contributed by atoms with van der Waals surface area (Å²) in [5.41, 5.74) is 1.83. The Hall–Kier alpha value is -1.64. The summed E-state index contributed by atoms with van der Waals surface area (Å²) in [4.78, 5) is 0. The quantitative estimate of drug-likeness (QED) is 0.824. The number of ether oxygens (including phenoxy) is 3. The molecular weight excluding hydrogens is 252 g/mol. The third kappa shape index (κ3) is 2.92. The molecule has 0 aromatic heterocycles. The summed E-state index contributed by atoms with van der Waals surface area (Å²) in [7, 11) is 1.67. The Morgan fingerprint density at radius 1 is 1.30 bits per heavy atom. The normalized spacial score (nSPS) is 15.8. The highest BCUT2D eigenvalue weighted by molar-refractivity contribution is 5.70. The van der Waals surface area contributed by atoms with E-state index in [-0.39, 0.29) is 5.60 Å². The molecule has 20 heavy (non-hydrogen) atoms. The van der Waals surface area contributed by atoms with Gasteiger partial charge in [0.1, 0.15) is 11.4 Å². The van der Waals surface area contributed by atoms with Crippen molar-refractivity contribution >= 4 is 6.08 Å². The topological polar surface area (TPSA) is 27.7 Å². The van der Waals surface area contributed by atoms with Gasteiger partial charge in [0.15, 0.2) is 11.5 Å². The zero-order valence-corrected chi connectivity index (χ0v) is 13.2. The first kappa shape index (κ1) is 14.8. The van der Waals surface area contributed by atoms with Crippen molar-refractivity contribution < 1.29 is 14.2 Å². The summed E-state index contributed by atoms with van der Waals surface area (Å²) in [6.07, 6.45) is 4.17. The Morgan fingerprint density at radius 2 is 2.00 bits per heavy atom. The molecule has 1 aliphatic rings. The molecule has 110 valence electrons. The van der Waals surface area contributed by atoms with Gasteiger partial charge in [-0.25, -0.2) is 0 Å². The van der Waals surface area contributed by atoms with E-state index in [2.05, 4.69) is 26.0 Å². The standard InChI is InChI=1S/C17H24O3/c1-11(2)10-19-15-9-14-13(12(3)16(15)18-6)7-8-17(4,5)20-14/h7-9,11H,10H2,1-6H3. The van der Waals surface area contributed by atoms with Crippen LogP contribution in [0.25, 0.3) is 6.08 Å². The van der Waals surface area contributed by atoms with Crippen LogP contribution in [0.3, 0.4) is 0 Å². The van der Waals surface area contributed by atoms with Crippen molar-refractivity contribution in [2.75, 3.05) is 13.7 Å². The number of hydrogen-bond donors (Lipinski definition) is 0. The number of fused-ring (bicyclic) bond motifs is 1. The fourth-order valence-corrected chi connectivity index (χ4v) is 2.26. The van der Waals surface area contributed by atoms with Gasteiger partial charge in [0.25, 0.3) is 0 Å². The Balaban J connectivity index is 2.44. The third-order valence-electron chi connectivity index (χ3n) is 3.30. The van der Waals surface area contributed by atoms with Crippen LogP contribution < -0.4 is 14.2 Å². The average Bonchev–Trinajstić information content (AvgIpc) is 2.34. The monoisotopic (exact) mass is 276 g/mol.